The summed E-state index contributed by atoms with van der Waals surface area (Å²) in [5.74, 6) is 0. The Balaban J connectivity index is 1.09. The van der Waals surface area contributed by atoms with Crippen molar-refractivity contribution < 1.29 is 8.83 Å². The minimum Gasteiger partial charge on any atom is -0.456 e. The van der Waals surface area contributed by atoms with Gasteiger partial charge in [-0.15, -0.1) is 0 Å². The molecule has 0 saturated heterocycles. The summed E-state index contributed by atoms with van der Waals surface area (Å²) >= 11 is 0. The molecule has 8 aromatic carbocycles. The molecule has 0 saturated carbocycles. The summed E-state index contributed by atoms with van der Waals surface area (Å²) in [4.78, 5) is 2.34. The summed E-state index contributed by atoms with van der Waals surface area (Å²) in [6.07, 6.45) is 0. The van der Waals surface area contributed by atoms with E-state index in [0.717, 1.165) is 60.9 Å². The Labute approximate surface area is 307 Å². The quantitative estimate of drug-likeness (QED) is 0.181. The van der Waals surface area contributed by atoms with Crippen molar-refractivity contribution in [1.82, 2.24) is 0 Å². The first-order chi connectivity index (χ1) is 26.1. The zero-order chi connectivity index (χ0) is 35.1. The third-order valence-electron chi connectivity index (χ3n) is 11.4. The van der Waals surface area contributed by atoms with Crippen LogP contribution in [0.3, 0.4) is 0 Å². The van der Waals surface area contributed by atoms with Gasteiger partial charge in [-0.2, -0.15) is 0 Å². The van der Waals surface area contributed by atoms with E-state index < -0.39 is 0 Å². The fourth-order valence-corrected chi connectivity index (χ4v) is 8.71. The number of rotatable bonds is 5. The maximum absolute atomic E-state index is 6.52. The molecule has 1 aliphatic carbocycles. The van der Waals surface area contributed by atoms with Gasteiger partial charge in [-0.05, 0) is 113 Å². The SMILES string of the molecule is CC1(c2ccc3oc4ccc(N(c5ccc(-c6ccccc6)cc5)c5ccc6oc7ccccc7c6c5)cc4c3c2)c2ccccc2-c2ccccc21. The van der Waals surface area contributed by atoms with Gasteiger partial charge in [0.25, 0.3) is 0 Å². The van der Waals surface area contributed by atoms with Gasteiger partial charge in [0, 0.05) is 44.0 Å². The highest BCUT2D eigenvalue weighted by Crippen LogP contribution is 2.53. The summed E-state index contributed by atoms with van der Waals surface area (Å²) in [5, 5.41) is 4.39. The van der Waals surface area contributed by atoms with E-state index in [2.05, 4.69) is 182 Å². The number of hydrogen-bond acceptors (Lipinski definition) is 3. The van der Waals surface area contributed by atoms with E-state index in [9.17, 15) is 0 Å². The number of benzene rings is 8. The van der Waals surface area contributed by atoms with Crippen molar-refractivity contribution in [2.75, 3.05) is 4.90 Å². The first kappa shape index (κ1) is 29.8. The van der Waals surface area contributed by atoms with Crippen molar-refractivity contribution in [2.45, 2.75) is 12.3 Å². The van der Waals surface area contributed by atoms with Gasteiger partial charge in [0.05, 0.1) is 0 Å². The molecule has 0 radical (unpaired) electrons. The maximum atomic E-state index is 6.52. The zero-order valence-electron chi connectivity index (χ0n) is 29.1. The number of nitrogens with zero attached hydrogens (tertiary/aromatic N) is 1. The van der Waals surface area contributed by atoms with Crippen LogP contribution in [0.1, 0.15) is 23.6 Å². The van der Waals surface area contributed by atoms with E-state index in [0.29, 0.717) is 0 Å². The first-order valence-corrected chi connectivity index (χ1v) is 18.2. The standard InChI is InChI=1S/C50H33NO2/c1-50(44-16-8-5-13-38(44)39-14-6-9-17-45(39)50)34-21-26-47-41(29-34)43-31-37(25-28-49(43)53-47)51(35-22-19-33(20-23-35)32-11-3-2-4-12-32)36-24-27-48-42(30-36)40-15-7-10-18-46(40)52-48/h2-31H,1H3. The lowest BCUT2D eigenvalue weighted by molar-refractivity contribution is 0.667. The van der Waals surface area contributed by atoms with Crippen molar-refractivity contribution in [3.8, 4) is 22.3 Å². The third-order valence-corrected chi connectivity index (χ3v) is 11.4. The Morgan fingerprint density at radius 2 is 0.849 bits per heavy atom. The molecule has 0 N–H and O–H groups in total. The van der Waals surface area contributed by atoms with Crippen LogP contribution >= 0.6 is 0 Å². The number of anilines is 3. The summed E-state index contributed by atoms with van der Waals surface area (Å²) < 4.78 is 12.8. The molecule has 0 unspecified atom stereocenters. The van der Waals surface area contributed by atoms with Crippen LogP contribution in [0.5, 0.6) is 0 Å². The van der Waals surface area contributed by atoms with Gasteiger partial charge in [-0.1, -0.05) is 115 Å². The highest BCUT2D eigenvalue weighted by Gasteiger charge is 2.40. The van der Waals surface area contributed by atoms with E-state index in [-0.39, 0.29) is 5.41 Å². The predicted octanol–water partition coefficient (Wildman–Crippen LogP) is 14.0. The predicted molar refractivity (Wildman–Crippen MR) is 219 cm³/mol. The maximum Gasteiger partial charge on any atom is 0.135 e. The van der Waals surface area contributed by atoms with Gasteiger partial charge in [0.1, 0.15) is 22.3 Å². The van der Waals surface area contributed by atoms with Crippen molar-refractivity contribution in [3.63, 3.8) is 0 Å². The highest BCUT2D eigenvalue weighted by atomic mass is 16.3. The van der Waals surface area contributed by atoms with Crippen molar-refractivity contribution in [3.05, 3.63) is 199 Å². The van der Waals surface area contributed by atoms with Gasteiger partial charge in [-0.3, -0.25) is 0 Å². The molecule has 0 amide bonds. The Kier molecular flexibility index (Phi) is 6.38. The molecule has 0 atom stereocenters. The Morgan fingerprint density at radius 3 is 1.51 bits per heavy atom. The summed E-state index contributed by atoms with van der Waals surface area (Å²) in [6, 6.07) is 65.1. The van der Waals surface area contributed by atoms with Gasteiger partial charge in [0.2, 0.25) is 0 Å². The van der Waals surface area contributed by atoms with Crippen LogP contribution < -0.4 is 4.90 Å². The summed E-state index contributed by atoms with van der Waals surface area (Å²) in [5.41, 5.74) is 15.3. The molecule has 3 heteroatoms. The first-order valence-electron chi connectivity index (χ1n) is 18.2. The molecule has 250 valence electrons. The van der Waals surface area contributed by atoms with Gasteiger partial charge in [-0.25, -0.2) is 0 Å². The molecule has 0 bridgehead atoms. The second kappa shape index (κ2) is 11.3. The summed E-state index contributed by atoms with van der Waals surface area (Å²) in [6.45, 7) is 2.36. The van der Waals surface area contributed by atoms with Crippen LogP contribution in [0.15, 0.2) is 191 Å². The number of furan rings is 2. The minimum absolute atomic E-state index is 0.294. The Hall–Kier alpha value is -6.84. The van der Waals surface area contributed by atoms with E-state index in [4.69, 9.17) is 8.83 Å². The fraction of sp³-hybridized carbons (Fsp3) is 0.0400. The molecule has 0 fully saturated rings. The van der Waals surface area contributed by atoms with E-state index >= 15 is 0 Å². The van der Waals surface area contributed by atoms with Crippen molar-refractivity contribution in [2.24, 2.45) is 0 Å². The number of hydrogen-bond donors (Lipinski definition) is 0. The van der Waals surface area contributed by atoms with E-state index in [1.807, 2.05) is 12.1 Å². The van der Waals surface area contributed by atoms with Gasteiger partial charge in [0.15, 0.2) is 0 Å². The van der Waals surface area contributed by atoms with Crippen molar-refractivity contribution in [1.29, 1.82) is 0 Å². The fourth-order valence-electron chi connectivity index (χ4n) is 8.71. The molecular formula is C50H33NO2. The molecule has 11 rings (SSSR count). The molecule has 2 aromatic heterocycles. The number of fused-ring (bicyclic) bond motifs is 9. The molecular weight excluding hydrogens is 647 g/mol. The smallest absolute Gasteiger partial charge is 0.135 e. The van der Waals surface area contributed by atoms with E-state index in [1.54, 1.807) is 0 Å². The molecule has 10 aromatic rings. The van der Waals surface area contributed by atoms with Crippen molar-refractivity contribution >= 4 is 60.9 Å². The van der Waals surface area contributed by atoms with Crippen LogP contribution in [0.4, 0.5) is 17.1 Å². The average Bonchev–Trinajstić information content (AvgIpc) is 3.86. The van der Waals surface area contributed by atoms with Crippen LogP contribution in [-0.4, -0.2) is 0 Å². The van der Waals surface area contributed by atoms with Crippen LogP contribution in [-0.2, 0) is 5.41 Å². The molecule has 2 heterocycles. The third kappa shape index (κ3) is 4.47. The average molecular weight is 680 g/mol. The minimum atomic E-state index is -0.294. The second-order valence-corrected chi connectivity index (χ2v) is 14.2. The van der Waals surface area contributed by atoms with Gasteiger partial charge < -0.3 is 13.7 Å². The van der Waals surface area contributed by atoms with Gasteiger partial charge >= 0.3 is 0 Å². The molecule has 0 aliphatic heterocycles. The lowest BCUT2D eigenvalue weighted by atomic mass is 9.74. The molecule has 53 heavy (non-hydrogen) atoms. The number of para-hydroxylation sites is 1. The van der Waals surface area contributed by atoms with Crippen LogP contribution in [0, 0.1) is 0 Å². The lowest BCUT2D eigenvalue weighted by Gasteiger charge is -2.28. The molecule has 1 aliphatic rings. The van der Waals surface area contributed by atoms with E-state index in [1.165, 1.54) is 38.9 Å². The second-order valence-electron chi connectivity index (χ2n) is 14.2. The topological polar surface area (TPSA) is 29.5 Å². The lowest BCUT2D eigenvalue weighted by Crippen LogP contribution is -2.22. The largest absolute Gasteiger partial charge is 0.456 e. The summed E-state index contributed by atoms with van der Waals surface area (Å²) in [7, 11) is 0. The molecule has 3 nitrogen and oxygen atoms in total. The molecule has 0 spiro atoms. The normalized spacial score (nSPS) is 13.2. The monoisotopic (exact) mass is 679 g/mol. The van der Waals surface area contributed by atoms with Crippen LogP contribution in [0.25, 0.3) is 66.1 Å². The Bertz CT molecular complexity index is 2980. The van der Waals surface area contributed by atoms with Crippen LogP contribution in [0.2, 0.25) is 0 Å². The zero-order valence-corrected chi connectivity index (χ0v) is 29.1. The highest BCUT2D eigenvalue weighted by molar-refractivity contribution is 6.09. The Morgan fingerprint density at radius 1 is 0.377 bits per heavy atom.